The monoisotopic (exact) mass is 344 g/mol. The van der Waals surface area contributed by atoms with Gasteiger partial charge in [0.15, 0.2) is 0 Å². The van der Waals surface area contributed by atoms with E-state index >= 15 is 0 Å². The first-order chi connectivity index (χ1) is 11.8. The molecular weight excluding hydrogens is 312 g/mol. The number of amides is 2. The number of nitrogens with zero attached hydrogens (tertiary/aromatic N) is 1. The van der Waals surface area contributed by atoms with E-state index in [1.165, 1.54) is 38.2 Å². The minimum Gasteiger partial charge on any atom is -0.352 e. The van der Waals surface area contributed by atoms with Crippen LogP contribution in [0.1, 0.15) is 71.8 Å². The summed E-state index contributed by atoms with van der Waals surface area (Å²) in [5.74, 6) is -0.179. The van der Waals surface area contributed by atoms with Crippen LogP contribution >= 0.6 is 0 Å². The van der Waals surface area contributed by atoms with Crippen LogP contribution in [0.15, 0.2) is 24.3 Å². The van der Waals surface area contributed by atoms with Gasteiger partial charge in [0.1, 0.15) is 6.54 Å². The van der Waals surface area contributed by atoms with Crippen LogP contribution < -0.4 is 10.2 Å². The van der Waals surface area contributed by atoms with E-state index in [1.807, 2.05) is 24.3 Å². The van der Waals surface area contributed by atoms with E-state index in [9.17, 15) is 9.59 Å². The van der Waals surface area contributed by atoms with Crippen molar-refractivity contribution in [3.8, 4) is 0 Å². The van der Waals surface area contributed by atoms with Crippen molar-refractivity contribution in [2.75, 3.05) is 11.4 Å². The number of carbonyl (C=O) groups excluding carboxylic acids is 2. The average Bonchev–Trinajstić information content (AvgIpc) is 2.80. The standard InChI is InChI=1S/C21H32N2O2/c1-16(24)23(19-13-11-17(12-14-19)21(2,3)4)15-20(25)22-18-9-7-5-6-8-10-18/h11-14,18H,5-10,15H2,1-4H3,(H,22,25). The minimum atomic E-state index is -0.112. The summed E-state index contributed by atoms with van der Waals surface area (Å²) >= 11 is 0. The molecule has 0 saturated heterocycles. The summed E-state index contributed by atoms with van der Waals surface area (Å²) in [6, 6.07) is 8.19. The van der Waals surface area contributed by atoms with Crippen molar-refractivity contribution >= 4 is 17.5 Å². The molecule has 4 heteroatoms. The van der Waals surface area contributed by atoms with Crippen molar-refractivity contribution in [3.63, 3.8) is 0 Å². The van der Waals surface area contributed by atoms with Gasteiger partial charge in [0.05, 0.1) is 0 Å². The number of carbonyl (C=O) groups is 2. The maximum atomic E-state index is 12.4. The highest BCUT2D eigenvalue weighted by molar-refractivity contribution is 5.97. The Morgan fingerprint density at radius 3 is 2.08 bits per heavy atom. The molecule has 1 aliphatic rings. The van der Waals surface area contributed by atoms with Crippen LogP contribution in [0.25, 0.3) is 0 Å². The molecule has 0 radical (unpaired) electrons. The Labute approximate surface area is 152 Å². The molecule has 1 N–H and O–H groups in total. The van der Waals surface area contributed by atoms with E-state index in [0.717, 1.165) is 18.5 Å². The third-order valence-electron chi connectivity index (χ3n) is 4.95. The second kappa shape index (κ2) is 8.50. The molecule has 25 heavy (non-hydrogen) atoms. The van der Waals surface area contributed by atoms with Crippen molar-refractivity contribution in [3.05, 3.63) is 29.8 Å². The summed E-state index contributed by atoms with van der Waals surface area (Å²) in [5, 5.41) is 3.12. The zero-order valence-electron chi connectivity index (χ0n) is 16.1. The molecule has 0 heterocycles. The van der Waals surface area contributed by atoms with Gasteiger partial charge in [0, 0.05) is 18.7 Å². The SMILES string of the molecule is CC(=O)N(CC(=O)NC1CCCCCC1)c1ccc(C(C)(C)C)cc1. The van der Waals surface area contributed by atoms with Crippen LogP contribution in [0, 0.1) is 0 Å². The molecule has 1 fully saturated rings. The van der Waals surface area contributed by atoms with E-state index < -0.39 is 0 Å². The van der Waals surface area contributed by atoms with Crippen LogP contribution in [0.4, 0.5) is 5.69 Å². The van der Waals surface area contributed by atoms with Gasteiger partial charge in [-0.25, -0.2) is 0 Å². The van der Waals surface area contributed by atoms with Gasteiger partial charge in [-0.2, -0.15) is 0 Å². The van der Waals surface area contributed by atoms with E-state index in [0.29, 0.717) is 0 Å². The third-order valence-corrected chi connectivity index (χ3v) is 4.95. The van der Waals surface area contributed by atoms with Crippen LogP contribution in [0.2, 0.25) is 0 Å². The highest BCUT2D eigenvalue weighted by Gasteiger charge is 2.20. The van der Waals surface area contributed by atoms with Gasteiger partial charge in [0.25, 0.3) is 0 Å². The topological polar surface area (TPSA) is 49.4 Å². The Balaban J connectivity index is 2.02. The summed E-state index contributed by atoms with van der Waals surface area (Å²) in [4.78, 5) is 26.0. The summed E-state index contributed by atoms with van der Waals surface area (Å²) in [5.41, 5.74) is 2.05. The fourth-order valence-electron chi connectivity index (χ4n) is 3.37. The predicted molar refractivity (Wildman–Crippen MR) is 103 cm³/mol. The zero-order valence-corrected chi connectivity index (χ0v) is 16.1. The summed E-state index contributed by atoms with van der Waals surface area (Å²) < 4.78 is 0. The van der Waals surface area contributed by atoms with Crippen LogP contribution in [-0.2, 0) is 15.0 Å². The molecule has 1 aromatic carbocycles. The Morgan fingerprint density at radius 1 is 1.04 bits per heavy atom. The van der Waals surface area contributed by atoms with Crippen molar-refractivity contribution in [2.45, 2.75) is 77.7 Å². The molecule has 1 aromatic rings. The minimum absolute atomic E-state index is 0.0659. The first-order valence-corrected chi connectivity index (χ1v) is 9.45. The Kier molecular flexibility index (Phi) is 6.63. The third kappa shape index (κ3) is 5.87. The Hall–Kier alpha value is -1.84. The number of hydrogen-bond acceptors (Lipinski definition) is 2. The molecule has 0 bridgehead atoms. The molecule has 2 amide bonds. The first kappa shape index (κ1) is 19.5. The van der Waals surface area contributed by atoms with Crippen LogP contribution in [0.5, 0.6) is 0 Å². The average molecular weight is 344 g/mol. The quantitative estimate of drug-likeness (QED) is 0.833. The lowest BCUT2D eigenvalue weighted by atomic mass is 9.87. The van der Waals surface area contributed by atoms with Gasteiger partial charge in [0.2, 0.25) is 11.8 Å². The predicted octanol–water partition coefficient (Wildman–Crippen LogP) is 4.18. The van der Waals surface area contributed by atoms with Gasteiger partial charge < -0.3 is 10.2 Å². The highest BCUT2D eigenvalue weighted by Crippen LogP contribution is 2.25. The lowest BCUT2D eigenvalue weighted by Gasteiger charge is -2.24. The summed E-state index contributed by atoms with van der Waals surface area (Å²) in [7, 11) is 0. The molecule has 0 spiro atoms. The van der Waals surface area contributed by atoms with E-state index in [4.69, 9.17) is 0 Å². The largest absolute Gasteiger partial charge is 0.352 e. The number of anilines is 1. The van der Waals surface area contributed by atoms with Crippen molar-refractivity contribution in [1.29, 1.82) is 0 Å². The maximum absolute atomic E-state index is 12.4. The molecular formula is C21H32N2O2. The van der Waals surface area contributed by atoms with E-state index in [-0.39, 0.29) is 29.8 Å². The molecule has 0 aromatic heterocycles. The second-order valence-corrected chi connectivity index (χ2v) is 8.16. The highest BCUT2D eigenvalue weighted by atomic mass is 16.2. The number of benzene rings is 1. The van der Waals surface area contributed by atoms with Crippen molar-refractivity contribution in [1.82, 2.24) is 5.32 Å². The molecule has 2 rings (SSSR count). The summed E-state index contributed by atoms with van der Waals surface area (Å²) in [6.07, 6.45) is 6.96. The number of hydrogen-bond donors (Lipinski definition) is 1. The Morgan fingerprint density at radius 2 is 1.60 bits per heavy atom. The number of rotatable bonds is 4. The lowest BCUT2D eigenvalue weighted by molar-refractivity contribution is -0.123. The molecule has 0 aliphatic heterocycles. The molecule has 0 unspecified atom stereocenters. The van der Waals surface area contributed by atoms with Gasteiger partial charge in [-0.3, -0.25) is 9.59 Å². The van der Waals surface area contributed by atoms with Gasteiger partial charge in [-0.15, -0.1) is 0 Å². The van der Waals surface area contributed by atoms with Crippen molar-refractivity contribution < 1.29 is 9.59 Å². The molecule has 138 valence electrons. The van der Waals surface area contributed by atoms with Gasteiger partial charge >= 0.3 is 0 Å². The Bertz CT molecular complexity index is 579. The second-order valence-electron chi connectivity index (χ2n) is 8.16. The van der Waals surface area contributed by atoms with Crippen molar-refractivity contribution in [2.24, 2.45) is 0 Å². The maximum Gasteiger partial charge on any atom is 0.240 e. The van der Waals surface area contributed by atoms with E-state index in [2.05, 4.69) is 26.1 Å². The molecule has 1 saturated carbocycles. The first-order valence-electron chi connectivity index (χ1n) is 9.45. The fourth-order valence-corrected chi connectivity index (χ4v) is 3.37. The van der Waals surface area contributed by atoms with Crippen LogP contribution in [-0.4, -0.2) is 24.4 Å². The number of nitrogens with one attached hydrogen (secondary N) is 1. The summed E-state index contributed by atoms with van der Waals surface area (Å²) in [6.45, 7) is 8.07. The van der Waals surface area contributed by atoms with Gasteiger partial charge in [-0.05, 0) is 36.0 Å². The zero-order chi connectivity index (χ0) is 18.4. The lowest BCUT2D eigenvalue weighted by Crippen LogP contribution is -2.43. The molecule has 4 nitrogen and oxygen atoms in total. The normalized spacial score (nSPS) is 16.2. The van der Waals surface area contributed by atoms with E-state index in [1.54, 1.807) is 4.90 Å². The van der Waals surface area contributed by atoms with Crippen LogP contribution in [0.3, 0.4) is 0 Å². The molecule has 1 aliphatic carbocycles. The fraction of sp³-hybridized carbons (Fsp3) is 0.619. The smallest absolute Gasteiger partial charge is 0.240 e. The molecule has 0 atom stereocenters. The van der Waals surface area contributed by atoms with Gasteiger partial charge in [-0.1, -0.05) is 58.6 Å².